The van der Waals surface area contributed by atoms with Crippen molar-refractivity contribution >= 4 is 6.16 Å². The average molecular weight is 579 g/mol. The fraction of sp³-hybridized carbons (Fsp3) is 0.967. The fourth-order valence-corrected chi connectivity index (χ4v) is 5.11. The number of ether oxygens (including phenoxy) is 4. The Hall–Kier alpha value is -1.01. The number of methoxy groups -OCH3 is 1. The summed E-state index contributed by atoms with van der Waals surface area (Å²) in [4.78, 5) is 12.1. The summed E-state index contributed by atoms with van der Waals surface area (Å²) in [6.07, 6.45) is 11.1. The molecule has 0 heterocycles. The summed E-state index contributed by atoms with van der Waals surface area (Å²) in [5.74, 6) is -1.18. The quantitative estimate of drug-likeness (QED) is 0.0842. The van der Waals surface area contributed by atoms with E-state index in [0.717, 1.165) is 12.8 Å². The lowest BCUT2D eigenvalue weighted by Crippen LogP contribution is -2.63. The predicted octanol–water partition coefficient (Wildman–Crippen LogP) is 3.87. The standard InChI is InChI=1S/C30H58O10/c1-3-4-5-6-7-8-9-10-11-12-13-14-15-16-17-18-19-38-21-23(37-2)22-39-30(36)40-29-26(33)24(20-31)25(32)27(34)28(29)35/h23-29,31-35H,3-22H2,1-2H3/t23-,24?,25?,26?,27?,28?,29?/m1/s1. The van der Waals surface area contributed by atoms with E-state index in [1.54, 1.807) is 0 Å². The summed E-state index contributed by atoms with van der Waals surface area (Å²) >= 11 is 0. The first-order valence-electron chi connectivity index (χ1n) is 15.6. The SMILES string of the molecule is CCCCCCCCCCCCCCCCCCOC[C@H](COC(=O)OC1C(O)C(O)C(O)C(CO)C1O)OC. The van der Waals surface area contributed by atoms with E-state index in [1.165, 1.54) is 97.0 Å². The van der Waals surface area contributed by atoms with Gasteiger partial charge in [0.2, 0.25) is 0 Å². The van der Waals surface area contributed by atoms with E-state index < -0.39 is 55.3 Å². The van der Waals surface area contributed by atoms with Gasteiger partial charge in [0.15, 0.2) is 6.10 Å². The van der Waals surface area contributed by atoms with Crippen LogP contribution in [0.5, 0.6) is 0 Å². The highest BCUT2D eigenvalue weighted by molar-refractivity contribution is 5.60. The topological polar surface area (TPSA) is 155 Å². The summed E-state index contributed by atoms with van der Waals surface area (Å²) in [6, 6.07) is 0. The first-order chi connectivity index (χ1) is 19.4. The average Bonchev–Trinajstić information content (AvgIpc) is 2.95. The number of unbranched alkanes of at least 4 members (excludes halogenated alkanes) is 15. The van der Waals surface area contributed by atoms with E-state index in [4.69, 9.17) is 18.9 Å². The zero-order chi connectivity index (χ0) is 29.6. The molecule has 1 fully saturated rings. The molecule has 1 aliphatic rings. The minimum atomic E-state index is -1.73. The Kier molecular flexibility index (Phi) is 21.8. The van der Waals surface area contributed by atoms with Gasteiger partial charge in [-0.1, -0.05) is 103 Å². The van der Waals surface area contributed by atoms with Crippen molar-refractivity contribution in [1.82, 2.24) is 0 Å². The van der Waals surface area contributed by atoms with E-state index in [2.05, 4.69) is 6.92 Å². The summed E-state index contributed by atoms with van der Waals surface area (Å²) in [5, 5.41) is 49.3. The Balaban J connectivity index is 2.01. The highest BCUT2D eigenvalue weighted by Gasteiger charge is 2.50. The molecule has 0 spiro atoms. The largest absolute Gasteiger partial charge is 0.508 e. The van der Waals surface area contributed by atoms with Crippen LogP contribution in [0.1, 0.15) is 110 Å². The summed E-state index contributed by atoms with van der Waals surface area (Å²) in [5.41, 5.74) is 0. The molecule has 10 nitrogen and oxygen atoms in total. The highest BCUT2D eigenvalue weighted by Crippen LogP contribution is 2.28. The summed E-state index contributed by atoms with van der Waals surface area (Å²) in [7, 11) is 1.47. The second-order valence-electron chi connectivity index (χ2n) is 11.2. The van der Waals surface area contributed by atoms with Gasteiger partial charge in [0, 0.05) is 19.6 Å². The van der Waals surface area contributed by atoms with Gasteiger partial charge < -0.3 is 44.5 Å². The zero-order valence-corrected chi connectivity index (χ0v) is 25.0. The van der Waals surface area contributed by atoms with Crippen LogP contribution in [0.15, 0.2) is 0 Å². The Morgan fingerprint density at radius 2 is 1.18 bits per heavy atom. The van der Waals surface area contributed by atoms with Crippen LogP contribution < -0.4 is 0 Å². The van der Waals surface area contributed by atoms with Crippen molar-refractivity contribution in [1.29, 1.82) is 0 Å². The van der Waals surface area contributed by atoms with Crippen molar-refractivity contribution in [3.05, 3.63) is 0 Å². The maximum absolute atomic E-state index is 12.1. The molecule has 0 aliphatic heterocycles. The van der Waals surface area contributed by atoms with E-state index in [-0.39, 0.29) is 13.2 Å². The van der Waals surface area contributed by atoms with Crippen LogP contribution in [0.25, 0.3) is 0 Å². The number of hydrogen-bond donors (Lipinski definition) is 5. The lowest BCUT2D eigenvalue weighted by Gasteiger charge is -2.42. The van der Waals surface area contributed by atoms with E-state index >= 15 is 0 Å². The van der Waals surface area contributed by atoms with Crippen molar-refractivity contribution < 1.29 is 49.3 Å². The fourth-order valence-electron chi connectivity index (χ4n) is 5.11. The molecular weight excluding hydrogens is 520 g/mol. The molecule has 40 heavy (non-hydrogen) atoms. The number of rotatable bonds is 24. The third-order valence-electron chi connectivity index (χ3n) is 7.86. The molecule has 238 valence electrons. The van der Waals surface area contributed by atoms with Gasteiger partial charge in [-0.3, -0.25) is 0 Å². The Morgan fingerprint density at radius 3 is 1.65 bits per heavy atom. The van der Waals surface area contributed by atoms with E-state index in [9.17, 15) is 30.3 Å². The maximum Gasteiger partial charge on any atom is 0.508 e. The number of carbonyl (C=O) groups excluding carboxylic acids is 1. The van der Waals surface area contributed by atoms with Gasteiger partial charge in [-0.2, -0.15) is 0 Å². The Labute approximate surface area is 241 Å². The normalized spacial score (nSPS) is 25.6. The van der Waals surface area contributed by atoms with Gasteiger partial charge in [-0.25, -0.2) is 4.79 Å². The van der Waals surface area contributed by atoms with Gasteiger partial charge >= 0.3 is 6.16 Å². The number of carbonyl (C=O) groups is 1. The third-order valence-corrected chi connectivity index (χ3v) is 7.86. The maximum atomic E-state index is 12.1. The number of aliphatic hydroxyl groups is 5. The Bertz CT molecular complexity index is 607. The van der Waals surface area contributed by atoms with E-state index in [0.29, 0.717) is 6.61 Å². The van der Waals surface area contributed by atoms with Crippen LogP contribution >= 0.6 is 0 Å². The van der Waals surface area contributed by atoms with Gasteiger partial charge in [-0.05, 0) is 6.42 Å². The van der Waals surface area contributed by atoms with E-state index in [1.807, 2.05) is 0 Å². The van der Waals surface area contributed by atoms with Gasteiger partial charge in [0.1, 0.15) is 31.0 Å². The number of hydrogen-bond acceptors (Lipinski definition) is 10. The third kappa shape index (κ3) is 15.3. The molecule has 1 aliphatic carbocycles. The highest BCUT2D eigenvalue weighted by atomic mass is 16.7. The molecule has 10 heteroatoms. The molecule has 1 saturated carbocycles. The minimum absolute atomic E-state index is 0.165. The molecule has 0 saturated heterocycles. The van der Waals surface area contributed by atoms with Crippen molar-refractivity contribution in [3.63, 3.8) is 0 Å². The van der Waals surface area contributed by atoms with Crippen LogP contribution in [0.2, 0.25) is 0 Å². The molecule has 0 aromatic rings. The molecule has 5 N–H and O–H groups in total. The first-order valence-corrected chi connectivity index (χ1v) is 15.6. The molecule has 0 bridgehead atoms. The second kappa shape index (κ2) is 23.5. The van der Waals surface area contributed by atoms with Gasteiger partial charge in [0.05, 0.1) is 19.3 Å². The van der Waals surface area contributed by atoms with Gasteiger partial charge in [0.25, 0.3) is 0 Å². The Morgan fingerprint density at radius 1 is 0.675 bits per heavy atom. The number of aliphatic hydroxyl groups excluding tert-OH is 5. The second-order valence-corrected chi connectivity index (χ2v) is 11.2. The van der Waals surface area contributed by atoms with Crippen LogP contribution in [-0.4, -0.2) is 102 Å². The van der Waals surface area contributed by atoms with Crippen LogP contribution in [0.3, 0.4) is 0 Å². The molecule has 0 radical (unpaired) electrons. The minimum Gasteiger partial charge on any atom is -0.431 e. The smallest absolute Gasteiger partial charge is 0.431 e. The van der Waals surface area contributed by atoms with Gasteiger partial charge in [-0.15, -0.1) is 0 Å². The van der Waals surface area contributed by atoms with Crippen LogP contribution in [-0.2, 0) is 18.9 Å². The summed E-state index contributed by atoms with van der Waals surface area (Å²) in [6.45, 7) is 2.25. The van der Waals surface area contributed by atoms with Crippen molar-refractivity contribution in [2.24, 2.45) is 5.92 Å². The lowest BCUT2D eigenvalue weighted by atomic mass is 9.79. The van der Waals surface area contributed by atoms with Crippen molar-refractivity contribution in [2.75, 3.05) is 33.5 Å². The molecule has 0 aromatic carbocycles. The monoisotopic (exact) mass is 578 g/mol. The van der Waals surface area contributed by atoms with Crippen LogP contribution in [0.4, 0.5) is 4.79 Å². The lowest BCUT2D eigenvalue weighted by molar-refractivity contribution is -0.214. The molecular formula is C30H58O10. The molecule has 0 aromatic heterocycles. The van der Waals surface area contributed by atoms with Crippen LogP contribution in [0, 0.1) is 5.92 Å². The van der Waals surface area contributed by atoms with Crippen molar-refractivity contribution in [2.45, 2.75) is 146 Å². The molecule has 6 unspecified atom stereocenters. The van der Waals surface area contributed by atoms with Crippen molar-refractivity contribution in [3.8, 4) is 0 Å². The molecule has 1 rings (SSSR count). The molecule has 7 atom stereocenters. The zero-order valence-electron chi connectivity index (χ0n) is 25.0. The first kappa shape index (κ1) is 37.0. The molecule has 0 amide bonds. The predicted molar refractivity (Wildman–Crippen MR) is 152 cm³/mol. The summed E-state index contributed by atoms with van der Waals surface area (Å²) < 4.78 is 20.9.